The molecule has 0 radical (unpaired) electrons. The summed E-state index contributed by atoms with van der Waals surface area (Å²) in [7, 11) is 1.67. The molecule has 0 aliphatic heterocycles. The number of hydrogen-bond acceptors (Lipinski definition) is 5. The van der Waals surface area contributed by atoms with Crippen LogP contribution in [0.3, 0.4) is 0 Å². The highest BCUT2D eigenvalue weighted by Gasteiger charge is 2.05. The van der Waals surface area contributed by atoms with E-state index in [0.29, 0.717) is 0 Å². The molecule has 0 fully saturated rings. The van der Waals surface area contributed by atoms with Gasteiger partial charge < -0.3 is 10.1 Å². The Kier molecular flexibility index (Phi) is 4.41. The first-order chi connectivity index (χ1) is 8.83. The van der Waals surface area contributed by atoms with Gasteiger partial charge in [0.1, 0.15) is 22.9 Å². The van der Waals surface area contributed by atoms with E-state index >= 15 is 0 Å². The van der Waals surface area contributed by atoms with Crippen molar-refractivity contribution in [3.63, 3.8) is 0 Å². The molecule has 0 unspecified atom stereocenters. The summed E-state index contributed by atoms with van der Waals surface area (Å²) >= 11 is 1.56. The van der Waals surface area contributed by atoms with Crippen molar-refractivity contribution in [1.29, 1.82) is 0 Å². The normalized spacial score (nSPS) is 10.1. The highest BCUT2D eigenvalue weighted by Crippen LogP contribution is 2.33. The molecule has 94 valence electrons. The SMILES string of the molecule is CCNc1cc(Sc2ccccc2OC)ncn1. The largest absolute Gasteiger partial charge is 0.496 e. The van der Waals surface area contributed by atoms with Crippen LogP contribution in [0.4, 0.5) is 5.82 Å². The number of methoxy groups -OCH3 is 1. The first kappa shape index (κ1) is 12.7. The number of benzene rings is 1. The van der Waals surface area contributed by atoms with Crippen LogP contribution < -0.4 is 10.1 Å². The van der Waals surface area contributed by atoms with Crippen molar-refractivity contribution in [2.45, 2.75) is 16.8 Å². The van der Waals surface area contributed by atoms with Gasteiger partial charge in [-0.1, -0.05) is 23.9 Å². The fourth-order valence-electron chi connectivity index (χ4n) is 1.49. The van der Waals surface area contributed by atoms with E-state index in [-0.39, 0.29) is 0 Å². The van der Waals surface area contributed by atoms with Crippen LogP contribution in [0.15, 0.2) is 46.6 Å². The molecule has 0 spiro atoms. The second kappa shape index (κ2) is 6.26. The minimum atomic E-state index is 0.838. The molecule has 1 aromatic heterocycles. The van der Waals surface area contributed by atoms with Gasteiger partial charge in [-0.15, -0.1) is 0 Å². The molecular weight excluding hydrogens is 246 g/mol. The van der Waals surface area contributed by atoms with Gasteiger partial charge in [-0.3, -0.25) is 0 Å². The molecule has 5 heteroatoms. The van der Waals surface area contributed by atoms with E-state index in [1.54, 1.807) is 25.2 Å². The van der Waals surface area contributed by atoms with E-state index in [1.807, 2.05) is 37.3 Å². The zero-order chi connectivity index (χ0) is 12.8. The number of nitrogens with one attached hydrogen (secondary N) is 1. The van der Waals surface area contributed by atoms with Gasteiger partial charge in [0.05, 0.1) is 12.0 Å². The molecule has 0 bridgehead atoms. The summed E-state index contributed by atoms with van der Waals surface area (Å²) in [4.78, 5) is 9.44. The van der Waals surface area contributed by atoms with Gasteiger partial charge in [0.15, 0.2) is 0 Å². The van der Waals surface area contributed by atoms with Crippen molar-refractivity contribution >= 4 is 17.6 Å². The average molecular weight is 261 g/mol. The maximum absolute atomic E-state index is 5.32. The standard InChI is InChI=1S/C13H15N3OS/c1-3-14-12-8-13(16-9-15-12)18-11-7-5-4-6-10(11)17-2/h4-9H,3H2,1-2H3,(H,14,15,16). The number of rotatable bonds is 5. The molecular formula is C13H15N3OS. The molecule has 0 saturated carbocycles. The van der Waals surface area contributed by atoms with Crippen molar-refractivity contribution in [2.75, 3.05) is 19.0 Å². The van der Waals surface area contributed by atoms with Crippen molar-refractivity contribution in [1.82, 2.24) is 9.97 Å². The molecule has 1 aromatic carbocycles. The van der Waals surface area contributed by atoms with Crippen molar-refractivity contribution in [3.8, 4) is 5.75 Å². The van der Waals surface area contributed by atoms with Gasteiger partial charge in [0, 0.05) is 12.6 Å². The Balaban J connectivity index is 2.20. The Bertz CT molecular complexity index is 519. The second-order valence-corrected chi connectivity index (χ2v) is 4.59. The Labute approximate surface area is 111 Å². The molecule has 1 heterocycles. The quantitative estimate of drug-likeness (QED) is 0.838. The first-order valence-electron chi connectivity index (χ1n) is 5.70. The van der Waals surface area contributed by atoms with Crippen molar-refractivity contribution in [2.24, 2.45) is 0 Å². The van der Waals surface area contributed by atoms with Gasteiger partial charge in [0.25, 0.3) is 0 Å². The molecule has 18 heavy (non-hydrogen) atoms. The molecule has 0 aliphatic carbocycles. The van der Waals surface area contributed by atoms with E-state index in [9.17, 15) is 0 Å². The smallest absolute Gasteiger partial charge is 0.132 e. The third kappa shape index (κ3) is 3.13. The molecule has 4 nitrogen and oxygen atoms in total. The Hall–Kier alpha value is -1.75. The van der Waals surface area contributed by atoms with Gasteiger partial charge in [-0.25, -0.2) is 9.97 Å². The minimum Gasteiger partial charge on any atom is -0.496 e. The van der Waals surface area contributed by atoms with Crippen LogP contribution in [0.25, 0.3) is 0 Å². The lowest BCUT2D eigenvalue weighted by Crippen LogP contribution is -1.99. The highest BCUT2D eigenvalue weighted by molar-refractivity contribution is 7.99. The third-order valence-corrected chi connectivity index (χ3v) is 3.27. The van der Waals surface area contributed by atoms with E-state index in [1.165, 1.54) is 0 Å². The zero-order valence-corrected chi connectivity index (χ0v) is 11.2. The van der Waals surface area contributed by atoms with E-state index in [4.69, 9.17) is 4.74 Å². The van der Waals surface area contributed by atoms with E-state index in [0.717, 1.165) is 28.0 Å². The summed E-state index contributed by atoms with van der Waals surface area (Å²) in [6, 6.07) is 9.82. The van der Waals surface area contributed by atoms with Crippen molar-refractivity contribution in [3.05, 3.63) is 36.7 Å². The van der Waals surface area contributed by atoms with Crippen LogP contribution in [0.1, 0.15) is 6.92 Å². The zero-order valence-electron chi connectivity index (χ0n) is 10.4. The molecule has 0 saturated heterocycles. The van der Waals surface area contributed by atoms with Crippen LogP contribution in [0.5, 0.6) is 5.75 Å². The van der Waals surface area contributed by atoms with Crippen LogP contribution in [-0.2, 0) is 0 Å². The number of anilines is 1. The third-order valence-electron chi connectivity index (χ3n) is 2.28. The summed E-state index contributed by atoms with van der Waals surface area (Å²) in [6.45, 7) is 2.88. The summed E-state index contributed by atoms with van der Waals surface area (Å²) in [5, 5.41) is 4.06. The monoisotopic (exact) mass is 261 g/mol. The minimum absolute atomic E-state index is 0.838. The predicted molar refractivity (Wildman–Crippen MR) is 73.3 cm³/mol. The Morgan fingerprint density at radius 3 is 2.89 bits per heavy atom. The number of hydrogen-bond donors (Lipinski definition) is 1. The Morgan fingerprint density at radius 1 is 1.28 bits per heavy atom. The van der Waals surface area contributed by atoms with Gasteiger partial charge in [-0.05, 0) is 19.1 Å². The Morgan fingerprint density at radius 2 is 2.11 bits per heavy atom. The molecule has 2 aromatic rings. The predicted octanol–water partition coefficient (Wildman–Crippen LogP) is 3.07. The first-order valence-corrected chi connectivity index (χ1v) is 6.52. The fraction of sp³-hybridized carbons (Fsp3) is 0.231. The van der Waals surface area contributed by atoms with Crippen LogP contribution in [-0.4, -0.2) is 23.6 Å². The molecule has 2 rings (SSSR count). The molecule has 0 atom stereocenters. The van der Waals surface area contributed by atoms with Crippen LogP contribution >= 0.6 is 11.8 Å². The lowest BCUT2D eigenvalue weighted by molar-refractivity contribution is 0.405. The summed E-state index contributed by atoms with van der Waals surface area (Å²) in [5.41, 5.74) is 0. The number of nitrogens with zero attached hydrogens (tertiary/aromatic N) is 2. The highest BCUT2D eigenvalue weighted by atomic mass is 32.2. The van der Waals surface area contributed by atoms with Crippen LogP contribution in [0.2, 0.25) is 0 Å². The van der Waals surface area contributed by atoms with E-state index in [2.05, 4.69) is 15.3 Å². The number of para-hydroxylation sites is 1. The topological polar surface area (TPSA) is 47.0 Å². The maximum Gasteiger partial charge on any atom is 0.132 e. The summed E-state index contributed by atoms with van der Waals surface area (Å²) in [5.74, 6) is 1.69. The average Bonchev–Trinajstić information content (AvgIpc) is 2.40. The van der Waals surface area contributed by atoms with Gasteiger partial charge >= 0.3 is 0 Å². The fourth-order valence-corrected chi connectivity index (χ4v) is 2.38. The molecule has 0 aliphatic rings. The molecule has 1 N–H and O–H groups in total. The number of ether oxygens (including phenoxy) is 1. The number of aromatic nitrogens is 2. The lowest BCUT2D eigenvalue weighted by Gasteiger charge is -2.07. The van der Waals surface area contributed by atoms with E-state index < -0.39 is 0 Å². The second-order valence-electron chi connectivity index (χ2n) is 3.52. The van der Waals surface area contributed by atoms with Gasteiger partial charge in [0.2, 0.25) is 0 Å². The summed E-state index contributed by atoms with van der Waals surface area (Å²) < 4.78 is 5.32. The van der Waals surface area contributed by atoms with Crippen molar-refractivity contribution < 1.29 is 4.74 Å². The summed E-state index contributed by atoms with van der Waals surface area (Å²) in [6.07, 6.45) is 1.57. The maximum atomic E-state index is 5.32. The van der Waals surface area contributed by atoms with Crippen LogP contribution in [0, 0.1) is 0 Å². The molecule has 0 amide bonds. The lowest BCUT2D eigenvalue weighted by atomic mass is 10.3. The van der Waals surface area contributed by atoms with Gasteiger partial charge in [-0.2, -0.15) is 0 Å².